The van der Waals surface area contributed by atoms with E-state index in [-0.39, 0.29) is 49.0 Å². The Morgan fingerprint density at radius 1 is 1.04 bits per heavy atom. The first-order valence-corrected chi connectivity index (χ1v) is 14.7. The third kappa shape index (κ3) is 7.27. The number of aromatic nitrogens is 2. The number of piperazine rings is 1. The molecule has 3 aromatic rings. The van der Waals surface area contributed by atoms with Crippen molar-refractivity contribution >= 4 is 23.3 Å². The minimum atomic E-state index is -4.84. The molecule has 1 aliphatic heterocycles. The molecule has 10 nitrogen and oxygen atoms in total. The molecule has 2 aromatic heterocycles. The first-order valence-electron chi connectivity index (χ1n) is 14.7. The summed E-state index contributed by atoms with van der Waals surface area (Å²) in [6.07, 6.45) is -2.84. The highest BCUT2D eigenvalue weighted by Gasteiger charge is 2.40. The molecule has 1 atom stereocenters. The lowest BCUT2D eigenvalue weighted by Crippen LogP contribution is -2.55. The number of anilines is 2. The Kier molecular flexibility index (Phi) is 10.8. The fraction of sp³-hybridized carbons (Fsp3) is 0.419. The molecule has 0 saturated carbocycles. The predicted molar refractivity (Wildman–Crippen MR) is 163 cm³/mol. The molecule has 242 valence electrons. The van der Waals surface area contributed by atoms with Gasteiger partial charge in [0, 0.05) is 63.1 Å². The zero-order valence-corrected chi connectivity index (χ0v) is 25.6. The van der Waals surface area contributed by atoms with Crippen molar-refractivity contribution in [3.05, 3.63) is 65.2 Å². The Labute approximate surface area is 259 Å². The number of nitrogens with one attached hydrogen (secondary N) is 3. The Morgan fingerprint density at radius 2 is 1.82 bits per heavy atom. The van der Waals surface area contributed by atoms with Gasteiger partial charge in [0.15, 0.2) is 5.69 Å². The summed E-state index contributed by atoms with van der Waals surface area (Å²) in [5, 5.41) is 8.25. The summed E-state index contributed by atoms with van der Waals surface area (Å²) < 4.78 is 63.6. The highest BCUT2D eigenvalue weighted by Crippen LogP contribution is 2.37. The van der Waals surface area contributed by atoms with Crippen LogP contribution in [0.5, 0.6) is 5.88 Å². The second kappa shape index (κ2) is 14.5. The van der Waals surface area contributed by atoms with Gasteiger partial charge in [0.1, 0.15) is 11.6 Å². The quantitative estimate of drug-likeness (QED) is 0.211. The molecule has 4 rings (SSSR count). The van der Waals surface area contributed by atoms with Crippen LogP contribution in [0.2, 0.25) is 0 Å². The molecule has 0 radical (unpaired) electrons. The molecule has 45 heavy (non-hydrogen) atoms. The topological polar surface area (TPSA) is 112 Å². The fourth-order valence-electron chi connectivity index (χ4n) is 5.33. The number of likely N-dealkylation sites (N-methyl/N-ethyl adjacent to an activating group) is 1. The van der Waals surface area contributed by atoms with Crippen LogP contribution in [0.15, 0.2) is 42.6 Å². The molecule has 1 aromatic carbocycles. The molecule has 2 amide bonds. The Morgan fingerprint density at radius 3 is 2.49 bits per heavy atom. The summed E-state index contributed by atoms with van der Waals surface area (Å²) >= 11 is 0. The van der Waals surface area contributed by atoms with Crippen molar-refractivity contribution in [2.45, 2.75) is 32.5 Å². The lowest BCUT2D eigenvalue weighted by Gasteiger charge is -2.43. The van der Waals surface area contributed by atoms with E-state index >= 15 is 4.39 Å². The van der Waals surface area contributed by atoms with Gasteiger partial charge in [-0.15, -0.1) is 0 Å². The van der Waals surface area contributed by atoms with Gasteiger partial charge < -0.3 is 30.5 Å². The van der Waals surface area contributed by atoms with E-state index in [1.807, 2.05) is 11.8 Å². The van der Waals surface area contributed by atoms with Gasteiger partial charge in [-0.3, -0.25) is 9.59 Å². The standard InChI is InChI=1S/C31H37F4N7O3/c1-5-19-18-41(30(44)22-10-12-24(37-4)40-27(22)31(33,34)35)16-17-42(19)23-11-9-20(21-8-7-13-39-29(21)45-6-2)26(32)25(23)28(43)38-15-14-36-3/h7-13,19,36H,5-6,14-18H2,1-4H3,(H,37,40)(H,38,43)/t19-/m1/s1. The van der Waals surface area contributed by atoms with Crippen LogP contribution in [0.4, 0.5) is 29.1 Å². The summed E-state index contributed by atoms with van der Waals surface area (Å²) in [7, 11) is 3.17. The Bertz CT molecular complexity index is 1520. The lowest BCUT2D eigenvalue weighted by atomic mass is 9.98. The number of benzene rings is 1. The molecule has 1 saturated heterocycles. The minimum absolute atomic E-state index is 0.0132. The van der Waals surface area contributed by atoms with Crippen LogP contribution < -0.4 is 25.6 Å². The van der Waals surface area contributed by atoms with E-state index in [1.54, 1.807) is 38.2 Å². The van der Waals surface area contributed by atoms with E-state index in [0.717, 1.165) is 6.07 Å². The molecule has 1 fully saturated rings. The summed E-state index contributed by atoms with van der Waals surface area (Å²) in [4.78, 5) is 37.9. The van der Waals surface area contributed by atoms with Gasteiger partial charge in [0.2, 0.25) is 5.88 Å². The normalized spacial score (nSPS) is 15.2. The summed E-state index contributed by atoms with van der Waals surface area (Å²) in [5.41, 5.74) is -1.17. The van der Waals surface area contributed by atoms with Gasteiger partial charge in [-0.2, -0.15) is 13.2 Å². The molecular formula is C31H37F4N7O3. The number of hydrogen-bond acceptors (Lipinski definition) is 8. The Hall–Kier alpha value is -4.46. The number of halogens is 4. The average molecular weight is 632 g/mol. The second-order valence-corrected chi connectivity index (χ2v) is 10.3. The van der Waals surface area contributed by atoms with Gasteiger partial charge >= 0.3 is 6.18 Å². The zero-order chi connectivity index (χ0) is 32.7. The van der Waals surface area contributed by atoms with Crippen molar-refractivity contribution in [3.8, 4) is 17.0 Å². The number of pyridine rings is 2. The molecule has 3 heterocycles. The van der Waals surface area contributed by atoms with Crippen LogP contribution in [-0.4, -0.2) is 86.2 Å². The lowest BCUT2D eigenvalue weighted by molar-refractivity contribution is -0.141. The van der Waals surface area contributed by atoms with E-state index in [9.17, 15) is 22.8 Å². The van der Waals surface area contributed by atoms with Gasteiger partial charge in [0.25, 0.3) is 11.8 Å². The van der Waals surface area contributed by atoms with Crippen molar-refractivity contribution in [1.82, 2.24) is 25.5 Å². The molecule has 14 heteroatoms. The minimum Gasteiger partial charge on any atom is -0.478 e. The van der Waals surface area contributed by atoms with Crippen LogP contribution in [0.25, 0.3) is 11.1 Å². The van der Waals surface area contributed by atoms with E-state index in [1.165, 1.54) is 24.2 Å². The number of nitrogens with zero attached hydrogens (tertiary/aromatic N) is 4. The van der Waals surface area contributed by atoms with Crippen LogP contribution in [0, 0.1) is 5.82 Å². The van der Waals surface area contributed by atoms with Gasteiger partial charge in [0.05, 0.1) is 23.4 Å². The molecular weight excluding hydrogens is 594 g/mol. The molecule has 3 N–H and O–H groups in total. The Balaban J connectivity index is 1.71. The third-order valence-electron chi connectivity index (χ3n) is 7.55. The zero-order valence-electron chi connectivity index (χ0n) is 25.6. The molecule has 0 unspecified atom stereocenters. The number of carbonyl (C=O) groups is 2. The van der Waals surface area contributed by atoms with Crippen LogP contribution in [-0.2, 0) is 6.18 Å². The molecule has 0 spiro atoms. The van der Waals surface area contributed by atoms with Gasteiger partial charge in [-0.25, -0.2) is 14.4 Å². The maximum atomic E-state index is 16.5. The summed E-state index contributed by atoms with van der Waals surface area (Å²) in [5.74, 6) is -1.98. The second-order valence-electron chi connectivity index (χ2n) is 10.3. The highest BCUT2D eigenvalue weighted by molar-refractivity contribution is 6.02. The molecule has 1 aliphatic rings. The van der Waals surface area contributed by atoms with Gasteiger partial charge in [-0.05, 0) is 56.8 Å². The first-order chi connectivity index (χ1) is 21.5. The fourth-order valence-corrected chi connectivity index (χ4v) is 5.33. The van der Waals surface area contributed by atoms with Crippen molar-refractivity contribution < 1.29 is 31.9 Å². The van der Waals surface area contributed by atoms with E-state index in [4.69, 9.17) is 4.74 Å². The third-order valence-corrected chi connectivity index (χ3v) is 7.55. The summed E-state index contributed by atoms with van der Waals surface area (Å²) in [6.45, 7) is 4.91. The maximum Gasteiger partial charge on any atom is 0.434 e. The monoisotopic (exact) mass is 631 g/mol. The number of ether oxygens (including phenoxy) is 1. The van der Waals surface area contributed by atoms with Crippen molar-refractivity contribution in [3.63, 3.8) is 0 Å². The number of alkyl halides is 3. The van der Waals surface area contributed by atoms with Crippen LogP contribution in [0.3, 0.4) is 0 Å². The number of amides is 2. The number of hydrogen-bond donors (Lipinski definition) is 3. The highest BCUT2D eigenvalue weighted by atomic mass is 19.4. The van der Waals surface area contributed by atoms with E-state index < -0.39 is 41.1 Å². The largest absolute Gasteiger partial charge is 0.478 e. The van der Waals surface area contributed by atoms with Gasteiger partial charge in [-0.1, -0.05) is 6.92 Å². The smallest absolute Gasteiger partial charge is 0.434 e. The molecule has 0 aliphatic carbocycles. The maximum absolute atomic E-state index is 16.5. The van der Waals surface area contributed by atoms with Crippen molar-refractivity contribution in [2.24, 2.45) is 0 Å². The number of carbonyl (C=O) groups excluding carboxylic acids is 2. The van der Waals surface area contributed by atoms with Crippen molar-refractivity contribution in [1.29, 1.82) is 0 Å². The van der Waals surface area contributed by atoms with E-state index in [2.05, 4.69) is 25.9 Å². The molecule has 0 bridgehead atoms. The van der Waals surface area contributed by atoms with Crippen LogP contribution >= 0.6 is 0 Å². The SMILES string of the molecule is CCOc1ncccc1-c1ccc(N2CCN(C(=O)c3ccc(NC)nc3C(F)(F)F)C[C@H]2CC)c(C(=O)NCCNC)c1F. The number of rotatable bonds is 11. The predicted octanol–water partition coefficient (Wildman–Crippen LogP) is 4.43. The first kappa shape index (κ1) is 33.4. The van der Waals surface area contributed by atoms with Crippen molar-refractivity contribution in [2.75, 3.05) is 63.6 Å². The van der Waals surface area contributed by atoms with E-state index in [0.29, 0.717) is 30.8 Å². The van der Waals surface area contributed by atoms with Crippen LogP contribution in [0.1, 0.15) is 46.7 Å². The summed E-state index contributed by atoms with van der Waals surface area (Å²) in [6, 6.07) is 8.53. The average Bonchev–Trinajstić information content (AvgIpc) is 3.03.